The van der Waals surface area contributed by atoms with E-state index in [-0.39, 0.29) is 5.97 Å². The Bertz CT molecular complexity index is 181. The Morgan fingerprint density at radius 2 is 1.81 bits per heavy atom. The summed E-state index contributed by atoms with van der Waals surface area (Å²) in [5.41, 5.74) is 0. The Hall–Kier alpha value is -0.530. The molecule has 1 aliphatic carbocycles. The molecule has 16 heavy (non-hydrogen) atoms. The van der Waals surface area contributed by atoms with Crippen molar-refractivity contribution in [3.8, 4) is 0 Å². The van der Waals surface area contributed by atoms with Gasteiger partial charge in [-0.1, -0.05) is 45.4 Å². The monoisotopic (exact) mass is 225 g/mol. The maximum absolute atomic E-state index is 11.4. The smallest absolute Gasteiger partial charge is 0.305 e. The maximum atomic E-state index is 11.4. The topological polar surface area (TPSA) is 26.3 Å². The third-order valence-corrected chi connectivity index (χ3v) is 3.34. The van der Waals surface area contributed by atoms with Crippen molar-refractivity contribution in [2.45, 2.75) is 64.2 Å². The number of ether oxygens (including phenoxy) is 1. The molecule has 0 N–H and O–H groups in total. The van der Waals surface area contributed by atoms with Crippen LogP contribution < -0.4 is 0 Å². The summed E-state index contributed by atoms with van der Waals surface area (Å²) in [4.78, 5) is 11.4. The summed E-state index contributed by atoms with van der Waals surface area (Å²) < 4.78 is 5.32. The molecule has 0 aromatic rings. The molecule has 1 aliphatic rings. The summed E-state index contributed by atoms with van der Waals surface area (Å²) >= 11 is 0. The Kier molecular flexibility index (Phi) is 7.28. The molecule has 1 radical (unpaired) electrons. The van der Waals surface area contributed by atoms with Gasteiger partial charge in [-0.05, 0) is 25.2 Å². The normalized spacial score (nSPS) is 18.1. The van der Waals surface area contributed by atoms with Crippen LogP contribution >= 0.6 is 0 Å². The third kappa shape index (κ3) is 6.14. The van der Waals surface area contributed by atoms with Crippen molar-refractivity contribution in [2.24, 2.45) is 5.92 Å². The molecule has 0 aliphatic heterocycles. The first kappa shape index (κ1) is 13.5. The fraction of sp³-hybridized carbons (Fsp3) is 0.857. The number of esters is 1. The SMILES string of the molecule is [CH2]CCCCC(=O)OCC1CCCCCC1. The molecular formula is C14H25O2. The van der Waals surface area contributed by atoms with Crippen LogP contribution in [0.15, 0.2) is 0 Å². The second-order valence-electron chi connectivity index (χ2n) is 4.85. The van der Waals surface area contributed by atoms with Crippen LogP contribution in [0.4, 0.5) is 0 Å². The van der Waals surface area contributed by atoms with Crippen LogP contribution in [0, 0.1) is 12.8 Å². The molecule has 2 heteroatoms. The minimum absolute atomic E-state index is 0.0160. The number of rotatable bonds is 6. The molecule has 1 rings (SSSR count). The highest BCUT2D eigenvalue weighted by Gasteiger charge is 2.14. The number of carbonyl (C=O) groups excluding carboxylic acids is 1. The first-order valence-corrected chi connectivity index (χ1v) is 6.78. The predicted octanol–water partition coefficient (Wildman–Crippen LogP) is 3.89. The second-order valence-corrected chi connectivity index (χ2v) is 4.85. The van der Waals surface area contributed by atoms with Gasteiger partial charge in [-0.25, -0.2) is 0 Å². The first-order chi connectivity index (χ1) is 7.83. The molecule has 0 bridgehead atoms. The molecule has 0 saturated heterocycles. The van der Waals surface area contributed by atoms with Gasteiger partial charge in [0.25, 0.3) is 0 Å². The molecule has 0 atom stereocenters. The number of hydrogen-bond acceptors (Lipinski definition) is 2. The van der Waals surface area contributed by atoms with Gasteiger partial charge >= 0.3 is 5.97 Å². The van der Waals surface area contributed by atoms with Crippen LogP contribution in [-0.4, -0.2) is 12.6 Å². The molecule has 0 heterocycles. The van der Waals surface area contributed by atoms with Gasteiger partial charge in [-0.2, -0.15) is 0 Å². The molecule has 1 fully saturated rings. The highest BCUT2D eigenvalue weighted by molar-refractivity contribution is 5.69. The Morgan fingerprint density at radius 1 is 1.12 bits per heavy atom. The van der Waals surface area contributed by atoms with E-state index in [4.69, 9.17) is 4.74 Å². The van der Waals surface area contributed by atoms with Crippen LogP contribution in [0.25, 0.3) is 0 Å². The highest BCUT2D eigenvalue weighted by Crippen LogP contribution is 2.23. The van der Waals surface area contributed by atoms with Crippen LogP contribution in [0.3, 0.4) is 0 Å². The van der Waals surface area contributed by atoms with E-state index in [2.05, 4.69) is 6.92 Å². The minimum atomic E-state index is -0.0160. The van der Waals surface area contributed by atoms with E-state index >= 15 is 0 Å². The average molecular weight is 225 g/mol. The lowest BCUT2D eigenvalue weighted by molar-refractivity contribution is -0.145. The van der Waals surface area contributed by atoms with E-state index in [1.807, 2.05) is 0 Å². The van der Waals surface area contributed by atoms with E-state index < -0.39 is 0 Å². The van der Waals surface area contributed by atoms with E-state index in [9.17, 15) is 4.79 Å². The maximum Gasteiger partial charge on any atom is 0.305 e. The van der Waals surface area contributed by atoms with Crippen LogP contribution in [0.5, 0.6) is 0 Å². The summed E-state index contributed by atoms with van der Waals surface area (Å²) in [5.74, 6) is 0.608. The van der Waals surface area contributed by atoms with Gasteiger partial charge in [0, 0.05) is 6.42 Å². The quantitative estimate of drug-likeness (QED) is 0.389. The number of carbonyl (C=O) groups is 1. The Balaban J connectivity index is 2.05. The second kappa shape index (κ2) is 8.60. The van der Waals surface area contributed by atoms with Gasteiger partial charge in [0.15, 0.2) is 0 Å². The van der Waals surface area contributed by atoms with Gasteiger partial charge in [-0.15, -0.1) is 0 Å². The largest absolute Gasteiger partial charge is 0.465 e. The molecule has 0 aromatic carbocycles. The van der Waals surface area contributed by atoms with E-state index in [1.165, 1.54) is 38.5 Å². The van der Waals surface area contributed by atoms with Crippen LogP contribution in [0.2, 0.25) is 0 Å². The van der Waals surface area contributed by atoms with Crippen LogP contribution in [0.1, 0.15) is 64.2 Å². The van der Waals surface area contributed by atoms with E-state index in [0.29, 0.717) is 18.9 Å². The van der Waals surface area contributed by atoms with Gasteiger partial charge in [0.05, 0.1) is 6.61 Å². The lowest BCUT2D eigenvalue weighted by Crippen LogP contribution is -2.13. The third-order valence-electron chi connectivity index (χ3n) is 3.34. The highest BCUT2D eigenvalue weighted by atomic mass is 16.5. The molecule has 0 spiro atoms. The van der Waals surface area contributed by atoms with Crippen molar-refractivity contribution >= 4 is 5.97 Å². The zero-order valence-electron chi connectivity index (χ0n) is 10.4. The summed E-state index contributed by atoms with van der Waals surface area (Å²) in [7, 11) is 0. The van der Waals surface area contributed by atoms with E-state index in [0.717, 1.165) is 19.3 Å². The number of unbranched alkanes of at least 4 members (excludes halogenated alkanes) is 2. The first-order valence-electron chi connectivity index (χ1n) is 6.78. The lowest BCUT2D eigenvalue weighted by atomic mass is 10.0. The molecule has 2 nitrogen and oxygen atoms in total. The Morgan fingerprint density at radius 3 is 2.44 bits per heavy atom. The molecule has 0 unspecified atom stereocenters. The lowest BCUT2D eigenvalue weighted by Gasteiger charge is -2.13. The van der Waals surface area contributed by atoms with Gasteiger partial charge in [0.2, 0.25) is 0 Å². The summed E-state index contributed by atoms with van der Waals surface area (Å²) in [6.45, 7) is 4.42. The van der Waals surface area contributed by atoms with Crippen molar-refractivity contribution in [2.75, 3.05) is 6.61 Å². The molecule has 93 valence electrons. The average Bonchev–Trinajstić information content (AvgIpc) is 2.55. The van der Waals surface area contributed by atoms with Crippen molar-refractivity contribution < 1.29 is 9.53 Å². The fourth-order valence-corrected chi connectivity index (χ4v) is 2.26. The van der Waals surface area contributed by atoms with Crippen molar-refractivity contribution in [1.82, 2.24) is 0 Å². The summed E-state index contributed by atoms with van der Waals surface area (Å²) in [5, 5.41) is 0. The van der Waals surface area contributed by atoms with Gasteiger partial charge < -0.3 is 4.74 Å². The van der Waals surface area contributed by atoms with Gasteiger partial charge in [-0.3, -0.25) is 4.79 Å². The molecule has 1 saturated carbocycles. The zero-order chi connectivity index (χ0) is 11.6. The molecule has 0 aromatic heterocycles. The van der Waals surface area contributed by atoms with Crippen molar-refractivity contribution in [3.05, 3.63) is 6.92 Å². The molecule has 0 amide bonds. The fourth-order valence-electron chi connectivity index (χ4n) is 2.26. The zero-order valence-corrected chi connectivity index (χ0v) is 10.4. The minimum Gasteiger partial charge on any atom is -0.465 e. The summed E-state index contributed by atoms with van der Waals surface area (Å²) in [6.07, 6.45) is 11.2. The van der Waals surface area contributed by atoms with Crippen LogP contribution in [-0.2, 0) is 9.53 Å². The predicted molar refractivity (Wildman–Crippen MR) is 66.0 cm³/mol. The standard InChI is InChI=1S/C14H25O2/c1-2-3-6-11-14(15)16-12-13-9-7-4-5-8-10-13/h13H,1-12H2. The summed E-state index contributed by atoms with van der Waals surface area (Å²) in [6, 6.07) is 0. The number of hydrogen-bond donors (Lipinski definition) is 0. The molecular weight excluding hydrogens is 200 g/mol. The Labute approximate surface area is 99.8 Å². The van der Waals surface area contributed by atoms with E-state index in [1.54, 1.807) is 0 Å². The van der Waals surface area contributed by atoms with Gasteiger partial charge in [0.1, 0.15) is 0 Å². The van der Waals surface area contributed by atoms with Crippen molar-refractivity contribution in [3.63, 3.8) is 0 Å². The van der Waals surface area contributed by atoms with Crippen molar-refractivity contribution in [1.29, 1.82) is 0 Å².